The molecule has 0 bridgehead atoms. The van der Waals surface area contributed by atoms with Crippen LogP contribution >= 0.6 is 0 Å². The molecule has 2 heterocycles. The summed E-state index contributed by atoms with van der Waals surface area (Å²) in [6, 6.07) is 29.2. The molecular formula is C25H19NO. The van der Waals surface area contributed by atoms with E-state index in [1.807, 2.05) is 30.5 Å². The highest BCUT2D eigenvalue weighted by Gasteiger charge is 2.13. The van der Waals surface area contributed by atoms with Crippen molar-refractivity contribution >= 4 is 21.9 Å². The molecule has 130 valence electrons. The number of rotatable bonds is 3. The number of hydrogen-bond acceptors (Lipinski definition) is 2. The van der Waals surface area contributed by atoms with Crippen molar-refractivity contribution in [2.45, 2.75) is 12.8 Å². The van der Waals surface area contributed by atoms with Crippen LogP contribution in [0.1, 0.15) is 24.0 Å². The number of furan rings is 1. The van der Waals surface area contributed by atoms with E-state index in [1.165, 1.54) is 11.1 Å². The van der Waals surface area contributed by atoms with E-state index >= 15 is 0 Å². The van der Waals surface area contributed by atoms with E-state index in [1.54, 1.807) is 0 Å². The minimum atomic E-state index is 0.315. The second-order valence-electron chi connectivity index (χ2n) is 6.89. The molecule has 2 nitrogen and oxygen atoms in total. The van der Waals surface area contributed by atoms with Crippen molar-refractivity contribution in [2.24, 2.45) is 0 Å². The zero-order chi connectivity index (χ0) is 18.2. The number of nitrogens with zero attached hydrogens (tertiary/aromatic N) is 1. The van der Waals surface area contributed by atoms with Gasteiger partial charge in [-0.1, -0.05) is 73.7 Å². The maximum Gasteiger partial charge on any atom is 0.144 e. The largest absolute Gasteiger partial charge is 0.455 e. The topological polar surface area (TPSA) is 26.0 Å². The van der Waals surface area contributed by atoms with Gasteiger partial charge in [0, 0.05) is 28.5 Å². The minimum Gasteiger partial charge on any atom is -0.455 e. The lowest BCUT2D eigenvalue weighted by Gasteiger charge is -2.12. The number of benzene rings is 3. The van der Waals surface area contributed by atoms with Gasteiger partial charge in [-0.15, -0.1) is 0 Å². The van der Waals surface area contributed by atoms with E-state index in [9.17, 15) is 0 Å². The van der Waals surface area contributed by atoms with Gasteiger partial charge in [-0.2, -0.15) is 0 Å². The van der Waals surface area contributed by atoms with Gasteiger partial charge < -0.3 is 4.42 Å². The number of para-hydroxylation sites is 2. The van der Waals surface area contributed by atoms with Crippen molar-refractivity contribution in [3.8, 4) is 11.3 Å². The number of fused-ring (bicyclic) bond motifs is 3. The van der Waals surface area contributed by atoms with Crippen LogP contribution < -0.4 is 0 Å². The average Bonchev–Trinajstić information content (AvgIpc) is 3.13. The predicted molar refractivity (Wildman–Crippen MR) is 111 cm³/mol. The fourth-order valence-electron chi connectivity index (χ4n) is 3.70. The quantitative estimate of drug-likeness (QED) is 0.358. The Morgan fingerprint density at radius 2 is 1.48 bits per heavy atom. The highest BCUT2D eigenvalue weighted by atomic mass is 16.3. The number of pyridine rings is 1. The van der Waals surface area contributed by atoms with E-state index in [4.69, 9.17) is 9.40 Å². The Labute approximate surface area is 158 Å². The molecule has 0 amide bonds. The molecule has 2 aromatic heterocycles. The molecule has 2 heteroatoms. The molecule has 5 aromatic rings. The molecule has 0 saturated heterocycles. The van der Waals surface area contributed by atoms with Crippen LogP contribution in [0.2, 0.25) is 0 Å². The fraction of sp³-hybridized carbons (Fsp3) is 0.0800. The van der Waals surface area contributed by atoms with Gasteiger partial charge in [0.2, 0.25) is 0 Å². The van der Waals surface area contributed by atoms with Crippen LogP contribution in [0.25, 0.3) is 33.2 Å². The van der Waals surface area contributed by atoms with Gasteiger partial charge in [0.1, 0.15) is 11.2 Å². The molecule has 0 aliphatic rings. The van der Waals surface area contributed by atoms with Crippen LogP contribution in [0, 0.1) is 0 Å². The summed E-state index contributed by atoms with van der Waals surface area (Å²) in [5.41, 5.74) is 6.28. The molecule has 0 aliphatic carbocycles. The first-order chi connectivity index (χ1) is 13.3. The second kappa shape index (κ2) is 6.40. The van der Waals surface area contributed by atoms with Gasteiger partial charge in [-0.25, -0.2) is 0 Å². The zero-order valence-corrected chi connectivity index (χ0v) is 15.1. The fourth-order valence-corrected chi connectivity index (χ4v) is 3.70. The van der Waals surface area contributed by atoms with Gasteiger partial charge in [-0.3, -0.25) is 4.98 Å². The molecule has 0 saturated carbocycles. The zero-order valence-electron chi connectivity index (χ0n) is 15.1. The summed E-state index contributed by atoms with van der Waals surface area (Å²) in [4.78, 5) is 4.76. The van der Waals surface area contributed by atoms with E-state index in [-0.39, 0.29) is 0 Å². The Morgan fingerprint density at radius 3 is 2.30 bits per heavy atom. The van der Waals surface area contributed by atoms with Crippen molar-refractivity contribution in [3.05, 3.63) is 102 Å². The van der Waals surface area contributed by atoms with Gasteiger partial charge >= 0.3 is 0 Å². The Bertz CT molecular complexity index is 1220. The SMILES string of the molecule is CC(c1ccccc1)c1ccc(-c2cccc3c2oc2ccccc23)nc1. The molecule has 1 unspecified atom stereocenters. The van der Waals surface area contributed by atoms with Crippen LogP contribution in [-0.4, -0.2) is 4.98 Å². The Kier molecular flexibility index (Phi) is 3.75. The summed E-state index contributed by atoms with van der Waals surface area (Å²) in [7, 11) is 0. The number of hydrogen-bond donors (Lipinski definition) is 0. The van der Waals surface area contributed by atoms with E-state index in [0.717, 1.165) is 33.2 Å². The van der Waals surface area contributed by atoms with Crippen LogP contribution in [0.4, 0.5) is 0 Å². The van der Waals surface area contributed by atoms with Crippen molar-refractivity contribution in [2.75, 3.05) is 0 Å². The minimum absolute atomic E-state index is 0.315. The van der Waals surface area contributed by atoms with Crippen molar-refractivity contribution in [1.82, 2.24) is 4.98 Å². The summed E-state index contributed by atoms with van der Waals surface area (Å²) < 4.78 is 6.14. The molecule has 0 radical (unpaired) electrons. The van der Waals surface area contributed by atoms with Gasteiger partial charge in [-0.05, 0) is 29.3 Å². The van der Waals surface area contributed by atoms with Gasteiger partial charge in [0.05, 0.1) is 5.69 Å². The molecule has 0 aliphatic heterocycles. The third kappa shape index (κ3) is 2.70. The third-order valence-corrected chi connectivity index (χ3v) is 5.27. The first-order valence-corrected chi connectivity index (χ1v) is 9.23. The van der Waals surface area contributed by atoms with Crippen LogP contribution in [-0.2, 0) is 0 Å². The molecule has 0 fully saturated rings. The molecule has 27 heavy (non-hydrogen) atoms. The summed E-state index contributed by atoms with van der Waals surface area (Å²) in [6.07, 6.45) is 1.98. The summed E-state index contributed by atoms with van der Waals surface area (Å²) in [5.74, 6) is 0.315. The van der Waals surface area contributed by atoms with Crippen molar-refractivity contribution < 1.29 is 4.42 Å². The van der Waals surface area contributed by atoms with E-state index in [2.05, 4.69) is 67.6 Å². The van der Waals surface area contributed by atoms with Crippen LogP contribution in [0.15, 0.2) is 95.5 Å². The average molecular weight is 349 g/mol. The first kappa shape index (κ1) is 15.8. The molecule has 5 rings (SSSR count). The van der Waals surface area contributed by atoms with Gasteiger partial charge in [0.25, 0.3) is 0 Å². The van der Waals surface area contributed by atoms with Crippen LogP contribution in [0.5, 0.6) is 0 Å². The smallest absolute Gasteiger partial charge is 0.144 e. The van der Waals surface area contributed by atoms with E-state index in [0.29, 0.717) is 5.92 Å². The van der Waals surface area contributed by atoms with Crippen molar-refractivity contribution in [1.29, 1.82) is 0 Å². The van der Waals surface area contributed by atoms with Crippen molar-refractivity contribution in [3.63, 3.8) is 0 Å². The predicted octanol–water partition coefficient (Wildman–Crippen LogP) is 6.80. The Morgan fingerprint density at radius 1 is 0.704 bits per heavy atom. The number of aromatic nitrogens is 1. The second-order valence-corrected chi connectivity index (χ2v) is 6.89. The Balaban J connectivity index is 1.57. The summed E-state index contributed by atoms with van der Waals surface area (Å²) >= 11 is 0. The lowest BCUT2D eigenvalue weighted by atomic mass is 9.94. The molecule has 0 spiro atoms. The standard InChI is InChI=1S/C25H19NO/c1-17(18-8-3-2-4-9-18)19-14-15-23(26-16-19)22-12-7-11-21-20-10-5-6-13-24(20)27-25(21)22/h2-17H,1H3. The normalized spacial score (nSPS) is 12.5. The maximum absolute atomic E-state index is 6.14. The molecular weight excluding hydrogens is 330 g/mol. The highest BCUT2D eigenvalue weighted by molar-refractivity contribution is 6.09. The lowest BCUT2D eigenvalue weighted by molar-refractivity contribution is 0.670. The lowest BCUT2D eigenvalue weighted by Crippen LogP contribution is -1.97. The third-order valence-electron chi connectivity index (χ3n) is 5.27. The Hall–Kier alpha value is -3.39. The van der Waals surface area contributed by atoms with E-state index < -0.39 is 0 Å². The van der Waals surface area contributed by atoms with Gasteiger partial charge in [0.15, 0.2) is 0 Å². The molecule has 0 N–H and O–H groups in total. The van der Waals surface area contributed by atoms with Crippen LogP contribution in [0.3, 0.4) is 0 Å². The monoisotopic (exact) mass is 349 g/mol. The maximum atomic E-state index is 6.14. The highest BCUT2D eigenvalue weighted by Crippen LogP contribution is 2.35. The molecule has 1 atom stereocenters. The summed E-state index contributed by atoms with van der Waals surface area (Å²) in [6.45, 7) is 2.21. The summed E-state index contributed by atoms with van der Waals surface area (Å²) in [5, 5.41) is 2.27. The molecule has 3 aromatic carbocycles. The first-order valence-electron chi connectivity index (χ1n) is 9.23.